The molecule has 4 N–H and O–H groups in total. The number of ether oxygens (including phenoxy) is 1. The van der Waals surface area contributed by atoms with Gasteiger partial charge in [0.25, 0.3) is 5.91 Å². The number of carboxylic acid groups (broad SMARTS) is 1. The molecule has 3 aromatic heterocycles. The third kappa shape index (κ3) is 4.70. The maximum Gasteiger partial charge on any atom is 0.416 e. The molecule has 1 aromatic carbocycles. The van der Waals surface area contributed by atoms with E-state index < -0.39 is 23.6 Å². The Morgan fingerprint density at radius 1 is 1.15 bits per heavy atom. The van der Waals surface area contributed by atoms with Crippen molar-refractivity contribution in [3.63, 3.8) is 0 Å². The van der Waals surface area contributed by atoms with Crippen molar-refractivity contribution in [2.24, 2.45) is 17.8 Å². The zero-order valence-corrected chi connectivity index (χ0v) is 21.7. The van der Waals surface area contributed by atoms with Crippen LogP contribution in [-0.2, 0) is 11.0 Å². The average molecular weight is 567 g/mol. The quantitative estimate of drug-likeness (QED) is 0.287. The lowest BCUT2D eigenvalue weighted by molar-refractivity contribution is -0.139. The zero-order valence-electron chi connectivity index (χ0n) is 21.7. The molecule has 4 aromatic rings. The average Bonchev–Trinajstić information content (AvgIpc) is 3.24. The number of rotatable bonds is 7. The van der Waals surface area contributed by atoms with E-state index in [-0.39, 0.29) is 47.5 Å². The van der Waals surface area contributed by atoms with E-state index in [9.17, 15) is 27.9 Å². The van der Waals surface area contributed by atoms with E-state index in [0.717, 1.165) is 24.2 Å². The highest BCUT2D eigenvalue weighted by Gasteiger charge is 2.60. The van der Waals surface area contributed by atoms with Crippen LogP contribution < -0.4 is 15.8 Å². The lowest BCUT2D eigenvalue weighted by Crippen LogP contribution is -2.14. The van der Waals surface area contributed by atoms with Crippen LogP contribution in [0.3, 0.4) is 0 Å². The van der Waals surface area contributed by atoms with Gasteiger partial charge in [-0.3, -0.25) is 14.0 Å². The number of aliphatic carboxylic acids is 1. The summed E-state index contributed by atoms with van der Waals surface area (Å²) in [5.41, 5.74) is 7.11. The summed E-state index contributed by atoms with van der Waals surface area (Å²) in [7, 11) is 0. The lowest BCUT2D eigenvalue weighted by atomic mass is 9.99. The number of nitrogens with two attached hydrogens (primary N) is 1. The van der Waals surface area contributed by atoms with Crippen molar-refractivity contribution in [1.29, 1.82) is 0 Å². The summed E-state index contributed by atoms with van der Waals surface area (Å²) in [5.74, 6) is -0.322. The maximum absolute atomic E-state index is 13.1. The molecule has 41 heavy (non-hydrogen) atoms. The number of carbonyl (C=O) groups excluding carboxylic acids is 1. The minimum Gasteiger partial charge on any atom is -0.493 e. The van der Waals surface area contributed by atoms with E-state index in [1.807, 2.05) is 4.40 Å². The fourth-order valence-corrected chi connectivity index (χ4v) is 5.98. The molecule has 0 unspecified atom stereocenters. The number of nitrogen functional groups attached to an aromatic ring is 1. The van der Waals surface area contributed by atoms with Crippen LogP contribution >= 0.6 is 0 Å². The van der Waals surface area contributed by atoms with Crippen LogP contribution in [0.2, 0.25) is 0 Å². The van der Waals surface area contributed by atoms with Gasteiger partial charge < -0.3 is 20.9 Å². The Hall–Kier alpha value is -4.68. The van der Waals surface area contributed by atoms with Gasteiger partial charge in [-0.2, -0.15) is 13.2 Å². The molecule has 1 amide bonds. The molecule has 0 radical (unpaired) electrons. The third-order valence-corrected chi connectivity index (χ3v) is 7.83. The Morgan fingerprint density at radius 3 is 2.59 bits per heavy atom. The summed E-state index contributed by atoms with van der Waals surface area (Å²) < 4.78 is 47.0. The van der Waals surface area contributed by atoms with Crippen molar-refractivity contribution < 1.29 is 32.6 Å². The SMILES string of the molecule is CCOc1cc(C(=O)Nc2cc(C(F)(F)F)ccn2)ccc1-c1nc([C@@H]2C[C@@H]3[C@H](C2)[C@H]3C(=O)O)n2ccnc(N)c12. The van der Waals surface area contributed by atoms with Crippen LogP contribution in [0.25, 0.3) is 16.8 Å². The van der Waals surface area contributed by atoms with Crippen molar-refractivity contribution in [3.05, 3.63) is 65.9 Å². The van der Waals surface area contributed by atoms with Crippen LogP contribution in [0.15, 0.2) is 48.9 Å². The molecule has 2 aliphatic rings. The molecule has 0 spiro atoms. The fraction of sp³-hybridized carbons (Fsp3) is 0.321. The van der Waals surface area contributed by atoms with Crippen molar-refractivity contribution in [2.45, 2.75) is 31.9 Å². The van der Waals surface area contributed by atoms with E-state index in [1.54, 1.807) is 25.4 Å². The van der Waals surface area contributed by atoms with Gasteiger partial charge in [0, 0.05) is 35.6 Å². The first-order valence-electron chi connectivity index (χ1n) is 13.0. The molecule has 2 aliphatic carbocycles. The van der Waals surface area contributed by atoms with Gasteiger partial charge in [-0.05, 0) is 61.9 Å². The number of nitrogens with one attached hydrogen (secondary N) is 1. The second kappa shape index (κ2) is 9.75. The Balaban J connectivity index is 1.34. The minimum atomic E-state index is -4.58. The van der Waals surface area contributed by atoms with E-state index >= 15 is 0 Å². The molecule has 2 fully saturated rings. The number of amides is 1. The third-order valence-electron chi connectivity index (χ3n) is 7.83. The standard InChI is InChI=1S/C28H25F3N6O4/c1-2-41-19-11-13(26(38)35-20-12-15(5-6-33-20)28(29,30)31)3-4-16(19)22-23-24(32)34-7-8-37(23)25(36-22)14-9-17-18(10-14)21(17)27(39)40/h3-8,11-12,14,17-18,21H,2,9-10H2,1H3,(H2,32,34)(H,39,40)(H,33,35,38)/t14-,17-,18+,21+. The fourth-order valence-electron chi connectivity index (χ4n) is 5.98. The number of imidazole rings is 1. The Kier molecular flexibility index (Phi) is 6.31. The molecule has 6 rings (SSSR count). The van der Waals surface area contributed by atoms with Gasteiger partial charge in [0.1, 0.15) is 34.4 Å². The number of carbonyl (C=O) groups is 2. The summed E-state index contributed by atoms with van der Waals surface area (Å²) >= 11 is 0. The highest BCUT2D eigenvalue weighted by Crippen LogP contribution is 2.62. The number of alkyl halides is 3. The molecule has 0 bridgehead atoms. The van der Waals surface area contributed by atoms with Crippen molar-refractivity contribution in [1.82, 2.24) is 19.4 Å². The number of anilines is 2. The summed E-state index contributed by atoms with van der Waals surface area (Å²) in [5, 5.41) is 11.8. The van der Waals surface area contributed by atoms with Crippen molar-refractivity contribution >= 4 is 29.0 Å². The van der Waals surface area contributed by atoms with Gasteiger partial charge >= 0.3 is 12.1 Å². The predicted octanol–water partition coefficient (Wildman–Crippen LogP) is 4.87. The minimum absolute atomic E-state index is 0.0456. The highest BCUT2D eigenvalue weighted by molar-refractivity contribution is 6.04. The Morgan fingerprint density at radius 2 is 1.90 bits per heavy atom. The number of aromatic nitrogens is 4. The van der Waals surface area contributed by atoms with Gasteiger partial charge in [-0.1, -0.05) is 0 Å². The summed E-state index contributed by atoms with van der Waals surface area (Å²) in [6.07, 6.45) is 1.16. The first-order chi connectivity index (χ1) is 19.6. The van der Waals surface area contributed by atoms with Gasteiger partial charge in [0.05, 0.1) is 18.1 Å². The van der Waals surface area contributed by atoms with E-state index in [2.05, 4.69) is 15.3 Å². The molecule has 0 saturated heterocycles. The summed E-state index contributed by atoms with van der Waals surface area (Å²) in [4.78, 5) is 37.4. The molecule has 2 saturated carbocycles. The second-order valence-electron chi connectivity index (χ2n) is 10.2. The van der Waals surface area contributed by atoms with Gasteiger partial charge in [-0.25, -0.2) is 15.0 Å². The molecule has 0 aliphatic heterocycles. The highest BCUT2D eigenvalue weighted by atomic mass is 19.4. The topological polar surface area (TPSA) is 145 Å². The number of pyridine rings is 1. The van der Waals surface area contributed by atoms with Crippen LogP contribution in [0.1, 0.15) is 47.4 Å². The maximum atomic E-state index is 13.1. The first kappa shape index (κ1) is 26.5. The molecule has 4 atom stereocenters. The number of halogens is 3. The second-order valence-corrected chi connectivity index (χ2v) is 10.2. The first-order valence-corrected chi connectivity index (χ1v) is 13.0. The van der Waals surface area contributed by atoms with Gasteiger partial charge in [-0.15, -0.1) is 0 Å². The molecule has 13 heteroatoms. The van der Waals surface area contributed by atoms with E-state index in [0.29, 0.717) is 35.4 Å². The van der Waals surface area contributed by atoms with E-state index in [1.165, 1.54) is 12.1 Å². The van der Waals surface area contributed by atoms with Crippen LogP contribution in [0.5, 0.6) is 5.75 Å². The van der Waals surface area contributed by atoms with Crippen LogP contribution in [0.4, 0.5) is 24.8 Å². The lowest BCUT2D eigenvalue weighted by Gasteiger charge is -2.12. The number of carboxylic acids is 1. The van der Waals surface area contributed by atoms with Gasteiger partial charge in [0.2, 0.25) is 0 Å². The number of benzene rings is 1. The molecular formula is C28H25F3N6O4. The smallest absolute Gasteiger partial charge is 0.416 e. The summed E-state index contributed by atoms with van der Waals surface area (Å²) in [6.45, 7) is 2.04. The number of hydrogen-bond acceptors (Lipinski definition) is 7. The molecule has 3 heterocycles. The number of fused-ring (bicyclic) bond motifs is 2. The zero-order chi connectivity index (χ0) is 29.1. The number of hydrogen-bond donors (Lipinski definition) is 3. The molecular weight excluding hydrogens is 541 g/mol. The molecule has 212 valence electrons. The van der Waals surface area contributed by atoms with Crippen molar-refractivity contribution in [3.8, 4) is 17.0 Å². The van der Waals surface area contributed by atoms with E-state index in [4.69, 9.17) is 15.5 Å². The Labute approximate surface area is 231 Å². The van der Waals surface area contributed by atoms with Gasteiger partial charge in [0.15, 0.2) is 0 Å². The van der Waals surface area contributed by atoms with Crippen molar-refractivity contribution in [2.75, 3.05) is 17.7 Å². The summed E-state index contributed by atoms with van der Waals surface area (Å²) in [6, 6.07) is 6.23. The van der Waals surface area contributed by atoms with Crippen LogP contribution in [0, 0.1) is 17.8 Å². The monoisotopic (exact) mass is 566 g/mol. The predicted molar refractivity (Wildman–Crippen MR) is 141 cm³/mol. The Bertz CT molecular complexity index is 1680. The van der Waals surface area contributed by atoms with Crippen LogP contribution in [-0.4, -0.2) is 42.9 Å². The number of nitrogens with zero attached hydrogens (tertiary/aromatic N) is 4. The largest absolute Gasteiger partial charge is 0.493 e. The normalized spacial score (nSPS) is 21.5. The molecule has 10 nitrogen and oxygen atoms in total.